The Morgan fingerprint density at radius 3 is 2.38 bits per heavy atom. The van der Waals surface area contributed by atoms with Crippen LogP contribution < -0.4 is 9.64 Å². The van der Waals surface area contributed by atoms with E-state index in [9.17, 15) is 9.59 Å². The van der Waals surface area contributed by atoms with E-state index in [1.165, 1.54) is 11.3 Å². The lowest BCUT2D eigenvalue weighted by atomic mass is 9.87. The van der Waals surface area contributed by atoms with E-state index in [4.69, 9.17) is 4.74 Å². The summed E-state index contributed by atoms with van der Waals surface area (Å²) in [6.07, 6.45) is 0.515. The fourth-order valence-electron chi connectivity index (χ4n) is 5.27. The number of piperazine rings is 1. The minimum atomic E-state index is -0.228. The maximum atomic E-state index is 13.8. The van der Waals surface area contributed by atoms with E-state index in [0.29, 0.717) is 38.5 Å². The van der Waals surface area contributed by atoms with Gasteiger partial charge in [-0.25, -0.2) is 0 Å². The van der Waals surface area contributed by atoms with Crippen molar-refractivity contribution in [2.75, 3.05) is 51.3 Å². The number of benzene rings is 2. The first-order valence-electron chi connectivity index (χ1n) is 12.4. The summed E-state index contributed by atoms with van der Waals surface area (Å²) in [5.74, 6) is 1.13. The number of hydrogen-bond donors (Lipinski definition) is 0. The molecular formula is C28H37N3O3. The third kappa shape index (κ3) is 5.21. The average molecular weight is 464 g/mol. The Bertz CT molecular complexity index is 1010. The van der Waals surface area contributed by atoms with Crippen LogP contribution in [0.1, 0.15) is 37.3 Å². The SMILES string of the molecule is COc1cccc([C@H]2CN(C(=O)CC(C)C)C[C@H]2C(=O)N2CCN(c3ccccc3C)CC2)c1. The highest BCUT2D eigenvalue weighted by atomic mass is 16.5. The lowest BCUT2D eigenvalue weighted by Crippen LogP contribution is -2.51. The molecule has 182 valence electrons. The normalized spacial score (nSPS) is 20.7. The zero-order chi connectivity index (χ0) is 24.2. The highest BCUT2D eigenvalue weighted by Gasteiger charge is 2.42. The standard InChI is InChI=1S/C28H37N3O3/c1-20(2)16-27(32)31-18-24(22-9-7-10-23(17-22)34-4)25(19-31)28(33)30-14-12-29(13-15-30)26-11-6-5-8-21(26)3/h5-11,17,20,24-25H,12-16,18-19H2,1-4H3/t24-,25-/m1/s1. The first kappa shape index (κ1) is 24.1. The summed E-state index contributed by atoms with van der Waals surface area (Å²) in [5.41, 5.74) is 3.57. The smallest absolute Gasteiger partial charge is 0.228 e. The molecule has 0 radical (unpaired) electrons. The number of aryl methyl sites for hydroxylation is 1. The first-order chi connectivity index (χ1) is 16.4. The number of nitrogens with zero attached hydrogens (tertiary/aromatic N) is 3. The van der Waals surface area contributed by atoms with Gasteiger partial charge in [-0.1, -0.05) is 44.2 Å². The lowest BCUT2D eigenvalue weighted by molar-refractivity contribution is -0.136. The number of para-hydroxylation sites is 1. The van der Waals surface area contributed by atoms with Gasteiger partial charge in [0.2, 0.25) is 11.8 Å². The minimum Gasteiger partial charge on any atom is -0.497 e. The Labute approximate surface area is 203 Å². The van der Waals surface area contributed by atoms with E-state index in [1.54, 1.807) is 7.11 Å². The van der Waals surface area contributed by atoms with E-state index in [2.05, 4.69) is 56.0 Å². The number of amides is 2. The van der Waals surface area contributed by atoms with Crippen LogP contribution in [0, 0.1) is 18.8 Å². The fraction of sp³-hybridized carbons (Fsp3) is 0.500. The fourth-order valence-corrected chi connectivity index (χ4v) is 5.27. The molecule has 6 heteroatoms. The molecule has 2 heterocycles. The van der Waals surface area contributed by atoms with Crippen LogP contribution in [-0.4, -0.2) is 68.0 Å². The lowest BCUT2D eigenvalue weighted by Gasteiger charge is -2.38. The molecule has 0 saturated carbocycles. The third-order valence-electron chi connectivity index (χ3n) is 7.14. The van der Waals surface area contributed by atoms with Crippen LogP contribution in [0.5, 0.6) is 5.75 Å². The Kier molecular flexibility index (Phi) is 7.44. The molecule has 2 aliphatic heterocycles. The quantitative estimate of drug-likeness (QED) is 0.651. The molecule has 0 bridgehead atoms. The molecule has 2 aromatic carbocycles. The second-order valence-electron chi connectivity index (χ2n) is 9.99. The number of ether oxygens (including phenoxy) is 1. The van der Waals surface area contributed by atoms with Crippen LogP contribution in [0.3, 0.4) is 0 Å². The van der Waals surface area contributed by atoms with Gasteiger partial charge in [0.25, 0.3) is 0 Å². The van der Waals surface area contributed by atoms with Crippen molar-refractivity contribution in [3.63, 3.8) is 0 Å². The average Bonchev–Trinajstić information content (AvgIpc) is 3.29. The maximum absolute atomic E-state index is 13.8. The summed E-state index contributed by atoms with van der Waals surface area (Å²) in [6.45, 7) is 10.4. The van der Waals surface area contributed by atoms with E-state index >= 15 is 0 Å². The summed E-state index contributed by atoms with van der Waals surface area (Å²) >= 11 is 0. The molecule has 4 rings (SSSR count). The van der Waals surface area contributed by atoms with Gasteiger partial charge >= 0.3 is 0 Å². The summed E-state index contributed by atoms with van der Waals surface area (Å²) in [4.78, 5) is 32.9. The van der Waals surface area contributed by atoms with Crippen molar-refractivity contribution in [1.82, 2.24) is 9.80 Å². The van der Waals surface area contributed by atoms with E-state index in [1.807, 2.05) is 28.0 Å². The zero-order valence-electron chi connectivity index (χ0n) is 20.9. The molecule has 0 N–H and O–H groups in total. The second kappa shape index (κ2) is 10.5. The van der Waals surface area contributed by atoms with Gasteiger partial charge in [0.1, 0.15) is 5.75 Å². The molecule has 2 aromatic rings. The van der Waals surface area contributed by atoms with Crippen molar-refractivity contribution in [2.24, 2.45) is 11.8 Å². The van der Waals surface area contributed by atoms with Crippen molar-refractivity contribution in [2.45, 2.75) is 33.1 Å². The number of carbonyl (C=O) groups is 2. The van der Waals surface area contributed by atoms with Crippen molar-refractivity contribution >= 4 is 17.5 Å². The van der Waals surface area contributed by atoms with Crippen molar-refractivity contribution < 1.29 is 14.3 Å². The molecule has 0 aromatic heterocycles. The molecule has 2 saturated heterocycles. The molecule has 2 atom stereocenters. The summed E-state index contributed by atoms with van der Waals surface area (Å²) in [6, 6.07) is 16.4. The van der Waals surface area contributed by atoms with Crippen LogP contribution >= 0.6 is 0 Å². The number of hydrogen-bond acceptors (Lipinski definition) is 4. The van der Waals surface area contributed by atoms with E-state index in [-0.39, 0.29) is 23.7 Å². The summed E-state index contributed by atoms with van der Waals surface area (Å²) in [7, 11) is 1.66. The van der Waals surface area contributed by atoms with Crippen molar-refractivity contribution in [1.29, 1.82) is 0 Å². The van der Waals surface area contributed by atoms with E-state index < -0.39 is 0 Å². The highest BCUT2D eigenvalue weighted by molar-refractivity contribution is 5.84. The summed E-state index contributed by atoms with van der Waals surface area (Å²) < 4.78 is 5.44. The van der Waals surface area contributed by atoms with Crippen LogP contribution in [0.2, 0.25) is 0 Å². The maximum Gasteiger partial charge on any atom is 0.228 e. The third-order valence-corrected chi connectivity index (χ3v) is 7.14. The van der Waals surface area contributed by atoms with Gasteiger partial charge in [0, 0.05) is 57.3 Å². The van der Waals surface area contributed by atoms with Crippen molar-refractivity contribution in [3.05, 3.63) is 59.7 Å². The largest absolute Gasteiger partial charge is 0.497 e. The van der Waals surface area contributed by atoms with Gasteiger partial charge in [-0.3, -0.25) is 9.59 Å². The predicted molar refractivity (Wildman–Crippen MR) is 135 cm³/mol. The molecule has 0 unspecified atom stereocenters. The Hall–Kier alpha value is -3.02. The molecule has 0 spiro atoms. The molecule has 6 nitrogen and oxygen atoms in total. The monoisotopic (exact) mass is 463 g/mol. The second-order valence-corrected chi connectivity index (χ2v) is 9.99. The van der Waals surface area contributed by atoms with Gasteiger partial charge < -0.3 is 19.4 Å². The number of methoxy groups -OCH3 is 1. The van der Waals surface area contributed by atoms with Crippen LogP contribution in [0.25, 0.3) is 0 Å². The van der Waals surface area contributed by atoms with Crippen molar-refractivity contribution in [3.8, 4) is 5.75 Å². The number of rotatable bonds is 6. The molecule has 2 fully saturated rings. The summed E-state index contributed by atoms with van der Waals surface area (Å²) in [5, 5.41) is 0. The number of likely N-dealkylation sites (tertiary alicyclic amines) is 1. The van der Waals surface area contributed by atoms with Gasteiger partial charge in [0.05, 0.1) is 13.0 Å². The molecule has 34 heavy (non-hydrogen) atoms. The Morgan fingerprint density at radius 1 is 0.971 bits per heavy atom. The van der Waals surface area contributed by atoms with Gasteiger partial charge in [0.15, 0.2) is 0 Å². The zero-order valence-corrected chi connectivity index (χ0v) is 20.9. The Balaban J connectivity index is 1.50. The molecule has 2 aliphatic rings. The number of carbonyl (C=O) groups excluding carboxylic acids is 2. The highest BCUT2D eigenvalue weighted by Crippen LogP contribution is 2.36. The van der Waals surface area contributed by atoms with Crippen LogP contribution in [0.4, 0.5) is 5.69 Å². The topological polar surface area (TPSA) is 53.1 Å². The van der Waals surface area contributed by atoms with Crippen LogP contribution in [0.15, 0.2) is 48.5 Å². The molecule has 0 aliphatic carbocycles. The first-order valence-corrected chi connectivity index (χ1v) is 12.4. The van der Waals surface area contributed by atoms with Gasteiger partial charge in [-0.05, 0) is 42.2 Å². The van der Waals surface area contributed by atoms with Gasteiger partial charge in [-0.15, -0.1) is 0 Å². The minimum absolute atomic E-state index is 0.0203. The molecule has 2 amide bonds. The molecular weight excluding hydrogens is 426 g/mol. The van der Waals surface area contributed by atoms with Gasteiger partial charge in [-0.2, -0.15) is 0 Å². The Morgan fingerprint density at radius 2 is 1.71 bits per heavy atom. The van der Waals surface area contributed by atoms with Crippen LogP contribution in [-0.2, 0) is 9.59 Å². The predicted octanol–water partition coefficient (Wildman–Crippen LogP) is 3.94. The number of anilines is 1. The van der Waals surface area contributed by atoms with E-state index in [0.717, 1.165) is 24.4 Å².